The summed E-state index contributed by atoms with van der Waals surface area (Å²) in [7, 11) is 1.87. The Balaban J connectivity index is 2.31. The summed E-state index contributed by atoms with van der Waals surface area (Å²) in [6.45, 7) is 7.91. The third kappa shape index (κ3) is 2.66. The average molecular weight is 292 g/mol. The number of carbonyl (C=O) groups excluding carboxylic acids is 2. The van der Waals surface area contributed by atoms with Gasteiger partial charge in [-0.05, 0) is 32.8 Å². The lowest BCUT2D eigenvalue weighted by atomic mass is 9.94. The monoisotopic (exact) mass is 292 g/mol. The van der Waals surface area contributed by atoms with Crippen LogP contribution in [0.3, 0.4) is 0 Å². The van der Waals surface area contributed by atoms with Crippen molar-refractivity contribution in [1.29, 1.82) is 0 Å². The van der Waals surface area contributed by atoms with E-state index in [4.69, 9.17) is 0 Å². The van der Waals surface area contributed by atoms with E-state index in [9.17, 15) is 9.59 Å². The molecule has 2 heterocycles. The number of nitrogens with one attached hydrogen (secondary N) is 1. The van der Waals surface area contributed by atoms with Crippen LogP contribution in [0, 0.1) is 0 Å². The highest BCUT2D eigenvalue weighted by atomic mass is 16.2. The number of amides is 2. The predicted molar refractivity (Wildman–Crippen MR) is 79.4 cm³/mol. The van der Waals surface area contributed by atoms with Crippen LogP contribution in [0.2, 0.25) is 0 Å². The number of hydrogen-bond donors (Lipinski definition) is 1. The second-order valence-electron chi connectivity index (χ2n) is 6.02. The van der Waals surface area contributed by atoms with Crippen LogP contribution in [0.25, 0.3) is 0 Å². The molecule has 1 aromatic heterocycles. The molecule has 1 atom stereocenters. The Labute approximate surface area is 125 Å². The van der Waals surface area contributed by atoms with Gasteiger partial charge in [-0.25, -0.2) is 0 Å². The standard InChI is InChI=1S/C15H24N4O2/c1-6-10-8-11(18(5)17-10)9-19-13(20)12(7-2)16-14(21)15(19,3)4/h8,12H,6-7,9H2,1-5H3,(H,16,21). The number of aromatic nitrogens is 2. The normalized spacial score (nSPS) is 21.6. The molecule has 1 aliphatic rings. The molecule has 1 aliphatic heterocycles. The van der Waals surface area contributed by atoms with Crippen LogP contribution in [0.4, 0.5) is 0 Å². The SMILES string of the molecule is CCc1cc(CN2C(=O)C(CC)NC(=O)C2(C)C)n(C)n1. The maximum absolute atomic E-state index is 12.6. The van der Waals surface area contributed by atoms with Gasteiger partial charge in [0.2, 0.25) is 11.8 Å². The van der Waals surface area contributed by atoms with E-state index in [1.54, 1.807) is 23.4 Å². The highest BCUT2D eigenvalue weighted by Gasteiger charge is 2.45. The van der Waals surface area contributed by atoms with Crippen LogP contribution >= 0.6 is 0 Å². The van der Waals surface area contributed by atoms with Crippen molar-refractivity contribution < 1.29 is 9.59 Å². The van der Waals surface area contributed by atoms with E-state index in [1.165, 1.54) is 0 Å². The van der Waals surface area contributed by atoms with Crippen LogP contribution in [-0.4, -0.2) is 38.1 Å². The number of carbonyl (C=O) groups is 2. The molecule has 6 nitrogen and oxygen atoms in total. The van der Waals surface area contributed by atoms with Gasteiger partial charge in [-0.1, -0.05) is 13.8 Å². The van der Waals surface area contributed by atoms with E-state index in [-0.39, 0.29) is 11.8 Å². The molecule has 1 N–H and O–H groups in total. The molecule has 6 heteroatoms. The molecule has 1 aromatic rings. The van der Waals surface area contributed by atoms with Crippen molar-refractivity contribution >= 4 is 11.8 Å². The zero-order chi connectivity index (χ0) is 15.8. The van der Waals surface area contributed by atoms with E-state index in [0.29, 0.717) is 13.0 Å². The molecule has 2 amide bonds. The van der Waals surface area contributed by atoms with Crippen molar-refractivity contribution in [2.45, 2.75) is 58.7 Å². The molecule has 0 bridgehead atoms. The number of aryl methyl sites for hydroxylation is 2. The summed E-state index contributed by atoms with van der Waals surface area (Å²) in [4.78, 5) is 26.5. The molecule has 0 aromatic carbocycles. The minimum absolute atomic E-state index is 0.0265. The van der Waals surface area contributed by atoms with Gasteiger partial charge in [0.1, 0.15) is 11.6 Å². The molecule has 0 saturated carbocycles. The Morgan fingerprint density at radius 2 is 2.00 bits per heavy atom. The highest BCUT2D eigenvalue weighted by Crippen LogP contribution is 2.24. The fourth-order valence-electron chi connectivity index (χ4n) is 2.59. The maximum atomic E-state index is 12.6. The minimum Gasteiger partial charge on any atom is -0.342 e. The largest absolute Gasteiger partial charge is 0.342 e. The molecule has 1 saturated heterocycles. The van der Waals surface area contributed by atoms with Crippen LogP contribution in [0.15, 0.2) is 6.07 Å². The van der Waals surface area contributed by atoms with E-state index in [2.05, 4.69) is 10.4 Å². The Morgan fingerprint density at radius 3 is 2.52 bits per heavy atom. The zero-order valence-corrected chi connectivity index (χ0v) is 13.4. The van der Waals surface area contributed by atoms with Gasteiger partial charge in [-0.15, -0.1) is 0 Å². The van der Waals surface area contributed by atoms with Gasteiger partial charge in [0, 0.05) is 7.05 Å². The lowest BCUT2D eigenvalue weighted by molar-refractivity contribution is -0.156. The zero-order valence-electron chi connectivity index (χ0n) is 13.4. The smallest absolute Gasteiger partial charge is 0.246 e. The Bertz CT molecular complexity index is 562. The molecular formula is C15H24N4O2. The van der Waals surface area contributed by atoms with Crippen LogP contribution in [0.1, 0.15) is 45.5 Å². The second kappa shape index (κ2) is 5.50. The van der Waals surface area contributed by atoms with Gasteiger partial charge in [-0.3, -0.25) is 14.3 Å². The van der Waals surface area contributed by atoms with Crippen LogP contribution in [0.5, 0.6) is 0 Å². The summed E-state index contributed by atoms with van der Waals surface area (Å²) in [5, 5.41) is 7.20. The van der Waals surface area contributed by atoms with E-state index in [0.717, 1.165) is 17.8 Å². The first-order valence-corrected chi connectivity index (χ1v) is 7.45. The predicted octanol–water partition coefficient (Wildman–Crippen LogP) is 0.998. The van der Waals surface area contributed by atoms with Crippen molar-refractivity contribution in [2.24, 2.45) is 7.05 Å². The number of piperazine rings is 1. The van der Waals surface area contributed by atoms with Gasteiger partial charge >= 0.3 is 0 Å². The number of rotatable bonds is 4. The quantitative estimate of drug-likeness (QED) is 0.900. The maximum Gasteiger partial charge on any atom is 0.246 e. The number of hydrogen-bond acceptors (Lipinski definition) is 3. The fourth-order valence-corrected chi connectivity index (χ4v) is 2.59. The average Bonchev–Trinajstić information content (AvgIpc) is 2.80. The molecule has 2 rings (SSSR count). The van der Waals surface area contributed by atoms with Crippen LogP contribution in [-0.2, 0) is 29.6 Å². The first-order chi connectivity index (χ1) is 9.81. The van der Waals surface area contributed by atoms with Gasteiger partial charge in [0.15, 0.2) is 0 Å². The number of nitrogens with zero attached hydrogens (tertiary/aromatic N) is 3. The van der Waals surface area contributed by atoms with E-state index in [1.807, 2.05) is 27.0 Å². The molecule has 1 fully saturated rings. The second-order valence-corrected chi connectivity index (χ2v) is 6.02. The molecule has 1 unspecified atom stereocenters. The summed E-state index contributed by atoms with van der Waals surface area (Å²) in [5.41, 5.74) is 1.09. The third-order valence-corrected chi connectivity index (χ3v) is 4.22. The lowest BCUT2D eigenvalue weighted by Gasteiger charge is -2.44. The van der Waals surface area contributed by atoms with Crippen molar-refractivity contribution in [2.75, 3.05) is 0 Å². The van der Waals surface area contributed by atoms with Gasteiger partial charge in [0.25, 0.3) is 0 Å². The van der Waals surface area contributed by atoms with Crippen molar-refractivity contribution in [1.82, 2.24) is 20.0 Å². The van der Waals surface area contributed by atoms with E-state index >= 15 is 0 Å². The van der Waals surface area contributed by atoms with Crippen LogP contribution < -0.4 is 5.32 Å². The Morgan fingerprint density at radius 1 is 1.33 bits per heavy atom. The van der Waals surface area contributed by atoms with E-state index < -0.39 is 11.6 Å². The van der Waals surface area contributed by atoms with Crippen molar-refractivity contribution in [3.05, 3.63) is 17.5 Å². The lowest BCUT2D eigenvalue weighted by Crippen LogP contribution is -2.67. The van der Waals surface area contributed by atoms with Gasteiger partial charge in [-0.2, -0.15) is 5.10 Å². The van der Waals surface area contributed by atoms with Gasteiger partial charge in [0.05, 0.1) is 17.9 Å². The van der Waals surface area contributed by atoms with Crippen molar-refractivity contribution in [3.63, 3.8) is 0 Å². The summed E-state index contributed by atoms with van der Waals surface area (Å²) in [6, 6.07) is 1.57. The topological polar surface area (TPSA) is 67.2 Å². The van der Waals surface area contributed by atoms with Gasteiger partial charge < -0.3 is 10.2 Å². The molecule has 0 radical (unpaired) electrons. The molecule has 116 valence electrons. The molecule has 0 aliphatic carbocycles. The summed E-state index contributed by atoms with van der Waals surface area (Å²) in [6.07, 6.45) is 1.45. The first-order valence-electron chi connectivity index (χ1n) is 7.45. The summed E-state index contributed by atoms with van der Waals surface area (Å²) in [5.74, 6) is -0.131. The summed E-state index contributed by atoms with van der Waals surface area (Å²) < 4.78 is 1.79. The highest BCUT2D eigenvalue weighted by molar-refractivity contribution is 5.99. The third-order valence-electron chi connectivity index (χ3n) is 4.22. The first kappa shape index (κ1) is 15.5. The minimum atomic E-state index is -0.848. The molecule has 21 heavy (non-hydrogen) atoms. The van der Waals surface area contributed by atoms with Crippen molar-refractivity contribution in [3.8, 4) is 0 Å². The molecule has 0 spiro atoms. The fraction of sp³-hybridized carbons (Fsp3) is 0.667. The Hall–Kier alpha value is -1.85. The Kier molecular flexibility index (Phi) is 4.07. The molecular weight excluding hydrogens is 268 g/mol. The summed E-state index contributed by atoms with van der Waals surface area (Å²) >= 11 is 0.